The van der Waals surface area contributed by atoms with E-state index in [0.29, 0.717) is 0 Å². The maximum Gasteiger partial charge on any atom is 0.332 e. The first-order chi connectivity index (χ1) is 7.54. The Morgan fingerprint density at radius 2 is 2.12 bits per heavy atom. The van der Waals surface area contributed by atoms with Crippen LogP contribution in [0.5, 0.6) is 0 Å². The maximum atomic E-state index is 11.2. The molecule has 0 aliphatic heterocycles. The summed E-state index contributed by atoms with van der Waals surface area (Å²) in [7, 11) is 0. The molecule has 1 aromatic heterocycles. The third-order valence-corrected chi connectivity index (χ3v) is 1.88. The topological polar surface area (TPSA) is 116 Å². The lowest BCUT2D eigenvalue weighted by molar-refractivity contribution is 0.00973. The molecular formula is C9H12N2O5. The van der Waals surface area contributed by atoms with E-state index >= 15 is 0 Å². The molecule has 0 fully saturated rings. The summed E-state index contributed by atoms with van der Waals surface area (Å²) < 4.78 is 1.02. The van der Waals surface area contributed by atoms with Crippen LogP contribution in [0.3, 0.4) is 0 Å². The van der Waals surface area contributed by atoms with Crippen molar-refractivity contribution in [2.75, 3.05) is 6.61 Å². The summed E-state index contributed by atoms with van der Waals surface area (Å²) >= 11 is 0. The van der Waals surface area contributed by atoms with E-state index in [9.17, 15) is 14.7 Å². The molecule has 0 saturated carbocycles. The molecule has 7 heteroatoms. The number of aliphatic hydroxyl groups is 3. The molecule has 0 amide bonds. The molecule has 88 valence electrons. The Hall–Kier alpha value is -1.70. The van der Waals surface area contributed by atoms with Gasteiger partial charge in [0.25, 0.3) is 5.56 Å². The highest BCUT2D eigenvalue weighted by atomic mass is 16.4. The van der Waals surface area contributed by atoms with Gasteiger partial charge in [-0.25, -0.2) is 4.79 Å². The highest BCUT2D eigenvalue weighted by Gasteiger charge is 2.10. The van der Waals surface area contributed by atoms with E-state index in [1.807, 2.05) is 4.98 Å². The van der Waals surface area contributed by atoms with E-state index in [2.05, 4.69) is 0 Å². The molecule has 1 rings (SSSR count). The first-order valence-corrected chi connectivity index (χ1v) is 4.51. The van der Waals surface area contributed by atoms with Gasteiger partial charge in [0.05, 0.1) is 6.61 Å². The first kappa shape index (κ1) is 12.4. The van der Waals surface area contributed by atoms with Crippen LogP contribution in [0.4, 0.5) is 0 Å². The summed E-state index contributed by atoms with van der Waals surface area (Å²) in [5, 5.41) is 26.8. The van der Waals surface area contributed by atoms with Crippen molar-refractivity contribution in [3.8, 4) is 0 Å². The zero-order chi connectivity index (χ0) is 12.1. The van der Waals surface area contributed by atoms with Crippen LogP contribution in [0, 0.1) is 0 Å². The predicted octanol–water partition coefficient (Wildman–Crippen LogP) is -2.28. The minimum atomic E-state index is -1.31. The van der Waals surface area contributed by atoms with Gasteiger partial charge in [0.2, 0.25) is 0 Å². The molecule has 2 atom stereocenters. The second kappa shape index (κ2) is 5.40. The van der Waals surface area contributed by atoms with Gasteiger partial charge in [-0.3, -0.25) is 14.3 Å². The Morgan fingerprint density at radius 3 is 2.69 bits per heavy atom. The zero-order valence-corrected chi connectivity index (χ0v) is 8.28. The van der Waals surface area contributed by atoms with Crippen LogP contribution < -0.4 is 11.2 Å². The van der Waals surface area contributed by atoms with Gasteiger partial charge in [0.15, 0.2) is 0 Å². The van der Waals surface area contributed by atoms with Crippen LogP contribution >= 0.6 is 0 Å². The highest BCUT2D eigenvalue weighted by Crippen LogP contribution is 1.95. The quantitative estimate of drug-likeness (QED) is 0.463. The average Bonchev–Trinajstić information content (AvgIpc) is 2.26. The average molecular weight is 228 g/mol. The van der Waals surface area contributed by atoms with E-state index in [1.54, 1.807) is 0 Å². The van der Waals surface area contributed by atoms with Crippen molar-refractivity contribution in [3.05, 3.63) is 39.2 Å². The van der Waals surface area contributed by atoms with E-state index in [1.165, 1.54) is 12.4 Å². The SMILES string of the molecule is O=c1ccn(/C=C/[C@H](O)[C@H](O)CO)c(=O)[nH]1. The van der Waals surface area contributed by atoms with E-state index < -0.39 is 30.1 Å². The van der Waals surface area contributed by atoms with Crippen LogP contribution in [-0.4, -0.2) is 43.7 Å². The van der Waals surface area contributed by atoms with Gasteiger partial charge in [-0.1, -0.05) is 0 Å². The lowest BCUT2D eigenvalue weighted by Crippen LogP contribution is -2.29. The lowest BCUT2D eigenvalue weighted by Gasteiger charge is -2.10. The molecule has 4 N–H and O–H groups in total. The molecule has 0 radical (unpaired) electrons. The Labute approximate surface area is 89.9 Å². The van der Waals surface area contributed by atoms with Gasteiger partial charge < -0.3 is 15.3 Å². The number of aromatic nitrogens is 2. The predicted molar refractivity (Wildman–Crippen MR) is 55.8 cm³/mol. The second-order valence-electron chi connectivity index (χ2n) is 3.10. The number of rotatable bonds is 4. The van der Waals surface area contributed by atoms with Gasteiger partial charge in [-0.05, 0) is 6.08 Å². The third-order valence-electron chi connectivity index (χ3n) is 1.88. The Morgan fingerprint density at radius 1 is 1.44 bits per heavy atom. The molecule has 1 heterocycles. The molecule has 16 heavy (non-hydrogen) atoms. The third kappa shape index (κ3) is 3.16. The molecule has 0 aromatic carbocycles. The van der Waals surface area contributed by atoms with Crippen molar-refractivity contribution in [3.63, 3.8) is 0 Å². The number of hydrogen-bond donors (Lipinski definition) is 4. The number of nitrogens with one attached hydrogen (secondary N) is 1. The molecule has 1 aromatic rings. The lowest BCUT2D eigenvalue weighted by atomic mass is 10.2. The number of aliphatic hydroxyl groups excluding tert-OH is 3. The molecule has 0 bridgehead atoms. The number of H-pyrrole nitrogens is 1. The Bertz CT molecular complexity index is 475. The number of aromatic amines is 1. The molecule has 0 aliphatic rings. The Kier molecular flexibility index (Phi) is 4.18. The fourth-order valence-electron chi connectivity index (χ4n) is 0.962. The highest BCUT2D eigenvalue weighted by molar-refractivity contribution is 5.23. The van der Waals surface area contributed by atoms with Crippen molar-refractivity contribution in [1.29, 1.82) is 0 Å². The molecule has 0 spiro atoms. The molecule has 0 aliphatic carbocycles. The van der Waals surface area contributed by atoms with Gasteiger partial charge in [0.1, 0.15) is 12.2 Å². The maximum absolute atomic E-state index is 11.2. The smallest absolute Gasteiger partial charge is 0.332 e. The summed E-state index contributed by atoms with van der Waals surface area (Å²) in [6.45, 7) is -0.591. The molecule has 0 saturated heterocycles. The normalized spacial score (nSPS) is 15.2. The molecular weight excluding hydrogens is 216 g/mol. The van der Waals surface area contributed by atoms with Gasteiger partial charge in [-0.2, -0.15) is 0 Å². The van der Waals surface area contributed by atoms with Gasteiger partial charge in [0, 0.05) is 18.5 Å². The van der Waals surface area contributed by atoms with Crippen molar-refractivity contribution in [2.45, 2.75) is 12.2 Å². The Balaban J connectivity index is 2.84. The van der Waals surface area contributed by atoms with Crippen molar-refractivity contribution >= 4 is 6.20 Å². The second-order valence-corrected chi connectivity index (χ2v) is 3.10. The number of hydrogen-bond acceptors (Lipinski definition) is 5. The zero-order valence-electron chi connectivity index (χ0n) is 8.28. The monoisotopic (exact) mass is 228 g/mol. The van der Waals surface area contributed by atoms with Gasteiger partial charge >= 0.3 is 5.69 Å². The van der Waals surface area contributed by atoms with Crippen molar-refractivity contribution in [1.82, 2.24) is 9.55 Å². The van der Waals surface area contributed by atoms with E-state index in [-0.39, 0.29) is 0 Å². The van der Waals surface area contributed by atoms with Gasteiger partial charge in [-0.15, -0.1) is 0 Å². The minimum Gasteiger partial charge on any atom is -0.394 e. The van der Waals surface area contributed by atoms with Crippen LogP contribution in [0.25, 0.3) is 6.20 Å². The number of nitrogens with zero attached hydrogens (tertiary/aromatic N) is 1. The largest absolute Gasteiger partial charge is 0.394 e. The van der Waals surface area contributed by atoms with Crippen LogP contribution in [0.1, 0.15) is 0 Å². The fourth-order valence-corrected chi connectivity index (χ4v) is 0.962. The molecule has 7 nitrogen and oxygen atoms in total. The standard InChI is InChI=1S/C9H12N2O5/c12-5-7(14)6(13)1-3-11-4-2-8(15)10-9(11)16/h1-4,6-7,12-14H,5H2,(H,10,15,16)/b3-1+/t6-,7+/m0/s1. The van der Waals surface area contributed by atoms with Crippen molar-refractivity contribution in [2.24, 2.45) is 0 Å². The van der Waals surface area contributed by atoms with E-state index in [0.717, 1.165) is 16.7 Å². The first-order valence-electron chi connectivity index (χ1n) is 4.51. The van der Waals surface area contributed by atoms with Crippen molar-refractivity contribution < 1.29 is 15.3 Å². The molecule has 0 unspecified atom stereocenters. The minimum absolute atomic E-state index is 0.523. The summed E-state index contributed by atoms with van der Waals surface area (Å²) in [5.41, 5.74) is -1.18. The van der Waals surface area contributed by atoms with E-state index in [4.69, 9.17) is 10.2 Å². The summed E-state index contributed by atoms with van der Waals surface area (Å²) in [4.78, 5) is 23.9. The summed E-state index contributed by atoms with van der Waals surface area (Å²) in [6.07, 6.45) is 0.927. The van der Waals surface area contributed by atoms with Crippen LogP contribution in [0.2, 0.25) is 0 Å². The summed E-state index contributed by atoms with van der Waals surface area (Å²) in [5.74, 6) is 0. The van der Waals surface area contributed by atoms with Crippen LogP contribution in [-0.2, 0) is 0 Å². The summed E-state index contributed by atoms with van der Waals surface area (Å²) in [6, 6.07) is 1.14. The van der Waals surface area contributed by atoms with Crippen LogP contribution in [0.15, 0.2) is 27.9 Å². The fraction of sp³-hybridized carbons (Fsp3) is 0.333.